The molecule has 0 heterocycles. The molecular weight excluding hydrogens is 216 g/mol. The second-order valence-corrected chi connectivity index (χ2v) is 6.00. The minimum Gasteiger partial charge on any atom is -0.0883 e. The van der Waals surface area contributed by atoms with E-state index in [9.17, 15) is 0 Å². The summed E-state index contributed by atoms with van der Waals surface area (Å²) < 4.78 is 0. The largest absolute Gasteiger partial charge is 0.0883 e. The summed E-state index contributed by atoms with van der Waals surface area (Å²) in [5.41, 5.74) is 0. The predicted octanol–water partition coefficient (Wildman–Crippen LogP) is 6.90. The Morgan fingerprint density at radius 1 is 0.667 bits per heavy atom. The summed E-state index contributed by atoms with van der Waals surface area (Å²) in [6, 6.07) is 0. The number of hydrogen-bond donors (Lipinski definition) is 0. The van der Waals surface area contributed by atoms with Gasteiger partial charge in [0.1, 0.15) is 0 Å². The van der Waals surface area contributed by atoms with E-state index in [2.05, 4.69) is 32.9 Å². The Labute approximate surface area is 116 Å². The zero-order valence-corrected chi connectivity index (χ0v) is 13.2. The molecule has 0 amide bonds. The van der Waals surface area contributed by atoms with Gasteiger partial charge >= 0.3 is 0 Å². The van der Waals surface area contributed by atoms with Crippen molar-refractivity contribution < 1.29 is 0 Å². The molecule has 108 valence electrons. The highest BCUT2D eigenvalue weighted by Crippen LogP contribution is 2.12. The fourth-order valence-electron chi connectivity index (χ4n) is 2.29. The summed E-state index contributed by atoms with van der Waals surface area (Å²) in [7, 11) is 0. The van der Waals surface area contributed by atoms with Crippen LogP contribution in [0, 0.1) is 5.92 Å². The molecule has 0 aromatic carbocycles. The molecule has 0 aliphatic heterocycles. The van der Waals surface area contributed by atoms with Gasteiger partial charge in [0, 0.05) is 0 Å². The lowest BCUT2D eigenvalue weighted by atomic mass is 10.0. The van der Waals surface area contributed by atoms with Crippen LogP contribution in [0.4, 0.5) is 0 Å². The van der Waals surface area contributed by atoms with Crippen molar-refractivity contribution in [3.8, 4) is 0 Å². The van der Waals surface area contributed by atoms with Crippen molar-refractivity contribution in [2.45, 2.75) is 97.8 Å². The van der Waals surface area contributed by atoms with Crippen molar-refractivity contribution in [1.82, 2.24) is 0 Å². The first kappa shape index (κ1) is 17.7. The van der Waals surface area contributed by atoms with Crippen molar-refractivity contribution >= 4 is 0 Å². The van der Waals surface area contributed by atoms with Gasteiger partial charge in [-0.25, -0.2) is 0 Å². The monoisotopic (exact) mass is 252 g/mol. The van der Waals surface area contributed by atoms with E-state index in [0.29, 0.717) is 0 Å². The van der Waals surface area contributed by atoms with Gasteiger partial charge in [-0.05, 0) is 18.8 Å². The fourth-order valence-corrected chi connectivity index (χ4v) is 2.29. The number of hydrogen-bond acceptors (Lipinski definition) is 0. The van der Waals surface area contributed by atoms with Crippen LogP contribution in [0.3, 0.4) is 0 Å². The average Bonchev–Trinajstić information content (AvgIpc) is 2.34. The smallest absolute Gasteiger partial charge is 0.0290 e. The maximum Gasteiger partial charge on any atom is -0.0290 e. The van der Waals surface area contributed by atoms with Crippen molar-refractivity contribution in [3.05, 3.63) is 12.2 Å². The minimum absolute atomic E-state index is 0.720. The molecule has 0 rings (SSSR count). The van der Waals surface area contributed by atoms with Crippen LogP contribution in [0.25, 0.3) is 0 Å². The van der Waals surface area contributed by atoms with Gasteiger partial charge in [-0.3, -0.25) is 0 Å². The number of unbranched alkanes of at least 4 members (excludes halogenated alkanes) is 11. The van der Waals surface area contributed by atoms with Crippen molar-refractivity contribution in [1.29, 1.82) is 0 Å². The van der Waals surface area contributed by atoms with Gasteiger partial charge in [0.2, 0.25) is 0 Å². The zero-order chi connectivity index (χ0) is 13.5. The Morgan fingerprint density at radius 3 is 1.56 bits per heavy atom. The van der Waals surface area contributed by atoms with Crippen molar-refractivity contribution in [2.24, 2.45) is 5.92 Å². The lowest BCUT2D eigenvalue weighted by molar-refractivity contribution is 0.550. The van der Waals surface area contributed by atoms with E-state index in [0.717, 1.165) is 5.92 Å². The SMILES string of the molecule is CCCCCCCCCCCCC/C=C/C(C)C. The van der Waals surface area contributed by atoms with Crippen molar-refractivity contribution in [3.63, 3.8) is 0 Å². The summed E-state index contributed by atoms with van der Waals surface area (Å²) >= 11 is 0. The van der Waals surface area contributed by atoms with Crippen LogP contribution in [-0.2, 0) is 0 Å². The quantitative estimate of drug-likeness (QED) is 0.247. The third-order valence-electron chi connectivity index (χ3n) is 3.50. The van der Waals surface area contributed by atoms with E-state index in [-0.39, 0.29) is 0 Å². The molecular formula is C18H36. The normalized spacial score (nSPS) is 11.8. The topological polar surface area (TPSA) is 0 Å². The molecule has 0 saturated carbocycles. The first-order valence-corrected chi connectivity index (χ1v) is 8.44. The number of allylic oxidation sites excluding steroid dienone is 2. The van der Waals surface area contributed by atoms with Gasteiger partial charge in [0.05, 0.1) is 0 Å². The summed E-state index contributed by atoms with van der Waals surface area (Å²) in [6.07, 6.45) is 21.8. The predicted molar refractivity (Wildman–Crippen MR) is 85.1 cm³/mol. The minimum atomic E-state index is 0.720. The highest BCUT2D eigenvalue weighted by Gasteiger charge is 1.92. The van der Waals surface area contributed by atoms with E-state index in [1.54, 1.807) is 0 Å². The first-order chi connectivity index (χ1) is 8.77. The van der Waals surface area contributed by atoms with Crippen LogP contribution in [0.2, 0.25) is 0 Å². The highest BCUT2D eigenvalue weighted by molar-refractivity contribution is 4.83. The Morgan fingerprint density at radius 2 is 1.11 bits per heavy atom. The molecule has 0 spiro atoms. The van der Waals surface area contributed by atoms with Gasteiger partial charge in [0.15, 0.2) is 0 Å². The Hall–Kier alpha value is -0.260. The molecule has 0 aliphatic rings. The highest BCUT2D eigenvalue weighted by atomic mass is 14.0. The summed E-state index contributed by atoms with van der Waals surface area (Å²) in [4.78, 5) is 0. The van der Waals surface area contributed by atoms with E-state index in [4.69, 9.17) is 0 Å². The summed E-state index contributed by atoms with van der Waals surface area (Å²) in [6.45, 7) is 6.78. The zero-order valence-electron chi connectivity index (χ0n) is 13.2. The molecule has 0 unspecified atom stereocenters. The second kappa shape index (κ2) is 14.8. The van der Waals surface area contributed by atoms with E-state index < -0.39 is 0 Å². The Kier molecular flexibility index (Phi) is 14.6. The maximum atomic E-state index is 2.36. The lowest BCUT2D eigenvalue weighted by Crippen LogP contribution is -1.82. The van der Waals surface area contributed by atoms with Crippen LogP contribution in [0.5, 0.6) is 0 Å². The van der Waals surface area contributed by atoms with Crippen molar-refractivity contribution in [2.75, 3.05) is 0 Å². The molecule has 0 bridgehead atoms. The van der Waals surface area contributed by atoms with Gasteiger partial charge < -0.3 is 0 Å². The van der Waals surface area contributed by atoms with Gasteiger partial charge in [-0.2, -0.15) is 0 Å². The average molecular weight is 252 g/mol. The summed E-state index contributed by atoms with van der Waals surface area (Å²) in [5.74, 6) is 0.720. The van der Waals surface area contributed by atoms with Gasteiger partial charge in [-0.15, -0.1) is 0 Å². The molecule has 18 heavy (non-hydrogen) atoms. The molecule has 0 aromatic rings. The molecule has 0 nitrogen and oxygen atoms in total. The molecule has 0 heteroatoms. The standard InChI is InChI=1S/C18H36/c1-4-5-6-7-8-9-10-11-12-13-14-15-16-17-18(2)3/h16-18H,4-15H2,1-3H3/b17-16+. The Balaban J connectivity index is 2.99. The molecule has 0 radical (unpaired) electrons. The van der Waals surface area contributed by atoms with Crippen LogP contribution in [-0.4, -0.2) is 0 Å². The Bertz CT molecular complexity index is 167. The number of rotatable bonds is 13. The lowest BCUT2D eigenvalue weighted by Gasteiger charge is -2.01. The molecule has 0 aliphatic carbocycles. The van der Waals surface area contributed by atoms with E-state index in [1.165, 1.54) is 77.0 Å². The van der Waals surface area contributed by atoms with Crippen LogP contribution in [0.15, 0.2) is 12.2 Å². The third kappa shape index (κ3) is 15.7. The van der Waals surface area contributed by atoms with Gasteiger partial charge in [0.25, 0.3) is 0 Å². The fraction of sp³-hybridized carbons (Fsp3) is 0.889. The molecule has 0 aromatic heterocycles. The van der Waals surface area contributed by atoms with Crippen LogP contribution < -0.4 is 0 Å². The maximum absolute atomic E-state index is 2.36. The van der Waals surface area contributed by atoms with E-state index in [1.807, 2.05) is 0 Å². The second-order valence-electron chi connectivity index (χ2n) is 6.00. The molecule has 0 saturated heterocycles. The van der Waals surface area contributed by atoms with E-state index >= 15 is 0 Å². The van der Waals surface area contributed by atoms with Gasteiger partial charge in [-0.1, -0.05) is 97.1 Å². The summed E-state index contributed by atoms with van der Waals surface area (Å²) in [5, 5.41) is 0. The van der Waals surface area contributed by atoms with Crippen LogP contribution in [0.1, 0.15) is 97.8 Å². The molecule has 0 fully saturated rings. The molecule has 0 atom stereocenters. The molecule has 0 N–H and O–H groups in total. The first-order valence-electron chi connectivity index (χ1n) is 8.44. The van der Waals surface area contributed by atoms with Crippen LogP contribution >= 0.6 is 0 Å². The third-order valence-corrected chi connectivity index (χ3v) is 3.50.